The van der Waals surface area contributed by atoms with Crippen LogP contribution in [0.4, 0.5) is 17.1 Å². The van der Waals surface area contributed by atoms with Crippen molar-refractivity contribution in [2.24, 2.45) is 0 Å². The molecule has 1 saturated heterocycles. The number of hydrogen-bond donors (Lipinski definition) is 1. The Hall–Kier alpha value is -3.04. The first kappa shape index (κ1) is 21.7. The largest absolute Gasteiger partial charge is 0.493 e. The summed E-state index contributed by atoms with van der Waals surface area (Å²) in [6.07, 6.45) is 0. The lowest BCUT2D eigenvalue weighted by Crippen LogP contribution is -2.37. The zero-order chi connectivity index (χ0) is 21.7. The van der Waals surface area contributed by atoms with Crippen LogP contribution < -0.4 is 19.7 Å². The van der Waals surface area contributed by atoms with Crippen molar-refractivity contribution in [2.45, 2.75) is 6.92 Å². The van der Waals surface area contributed by atoms with Gasteiger partial charge in [-0.1, -0.05) is 17.7 Å². The summed E-state index contributed by atoms with van der Waals surface area (Å²) in [5.41, 5.74) is 0.577. The third-order valence-electron chi connectivity index (χ3n) is 4.59. The minimum atomic E-state index is -0.653. The van der Waals surface area contributed by atoms with Crippen LogP contribution in [-0.4, -0.2) is 50.9 Å². The number of benzene rings is 2. The van der Waals surface area contributed by atoms with Gasteiger partial charge in [-0.15, -0.1) is 0 Å². The molecule has 0 radical (unpaired) electrons. The van der Waals surface area contributed by atoms with Gasteiger partial charge in [-0.25, -0.2) is 0 Å². The molecule has 2 aromatic carbocycles. The lowest BCUT2D eigenvalue weighted by molar-refractivity contribution is -0.385. The third-order valence-corrected chi connectivity index (χ3v) is 4.89. The van der Waals surface area contributed by atoms with Gasteiger partial charge in [-0.2, -0.15) is 0 Å². The van der Waals surface area contributed by atoms with Crippen LogP contribution in [0.3, 0.4) is 0 Å². The van der Waals surface area contributed by atoms with Gasteiger partial charge in [0.1, 0.15) is 5.56 Å². The average molecular weight is 436 g/mol. The van der Waals surface area contributed by atoms with E-state index in [1.165, 1.54) is 19.2 Å². The van der Waals surface area contributed by atoms with Crippen LogP contribution in [0, 0.1) is 10.1 Å². The van der Waals surface area contributed by atoms with Gasteiger partial charge >= 0.3 is 0 Å². The van der Waals surface area contributed by atoms with E-state index in [1.54, 1.807) is 25.1 Å². The van der Waals surface area contributed by atoms with Gasteiger partial charge in [-0.05, 0) is 19.1 Å². The van der Waals surface area contributed by atoms with E-state index in [1.807, 2.05) is 4.90 Å². The van der Waals surface area contributed by atoms with Crippen LogP contribution in [0.25, 0.3) is 0 Å². The van der Waals surface area contributed by atoms with Crippen molar-refractivity contribution in [1.29, 1.82) is 0 Å². The highest BCUT2D eigenvalue weighted by atomic mass is 35.5. The third kappa shape index (κ3) is 4.58. The Balaban J connectivity index is 1.98. The number of nitro benzene ring substituents is 1. The Morgan fingerprint density at radius 1 is 1.30 bits per heavy atom. The number of nitrogens with one attached hydrogen (secondary N) is 1. The molecule has 0 atom stereocenters. The van der Waals surface area contributed by atoms with E-state index in [0.717, 1.165) is 0 Å². The van der Waals surface area contributed by atoms with Crippen LogP contribution in [0.15, 0.2) is 30.3 Å². The second kappa shape index (κ2) is 9.64. The van der Waals surface area contributed by atoms with Crippen molar-refractivity contribution in [1.82, 2.24) is 0 Å². The molecule has 30 heavy (non-hydrogen) atoms. The number of carbonyl (C=O) groups is 1. The molecular weight excluding hydrogens is 414 g/mol. The lowest BCUT2D eigenvalue weighted by atomic mass is 10.1. The van der Waals surface area contributed by atoms with Crippen molar-refractivity contribution in [3.63, 3.8) is 0 Å². The maximum Gasteiger partial charge on any atom is 0.286 e. The molecule has 1 fully saturated rings. The number of nitrogens with zero attached hydrogens (tertiary/aromatic N) is 2. The standard InChI is InChI=1S/C20H22ClN3O6/c1-3-30-18-12-16(24(26)27)13(11-17(18)28-2)20(25)22-15-6-4-5-14(21)19(15)23-7-9-29-10-8-23/h4-6,11-12H,3,7-10H2,1-2H3,(H,22,25). The first-order valence-electron chi connectivity index (χ1n) is 9.38. The number of anilines is 2. The van der Waals surface area contributed by atoms with Crippen LogP contribution in [0.5, 0.6) is 11.5 Å². The summed E-state index contributed by atoms with van der Waals surface area (Å²) in [6.45, 7) is 4.36. The Labute approximate surface area is 178 Å². The monoisotopic (exact) mass is 435 g/mol. The number of nitro groups is 1. The number of carbonyl (C=O) groups excluding carboxylic acids is 1. The fourth-order valence-corrected chi connectivity index (χ4v) is 3.52. The van der Waals surface area contributed by atoms with E-state index < -0.39 is 10.8 Å². The molecule has 3 rings (SSSR count). The molecule has 9 nitrogen and oxygen atoms in total. The van der Waals surface area contributed by atoms with Crippen molar-refractivity contribution in [3.05, 3.63) is 51.0 Å². The molecular formula is C20H22ClN3O6. The summed E-state index contributed by atoms with van der Waals surface area (Å²) in [4.78, 5) is 26.0. The van der Waals surface area contributed by atoms with Gasteiger partial charge in [0, 0.05) is 19.2 Å². The minimum absolute atomic E-state index is 0.145. The van der Waals surface area contributed by atoms with Crippen molar-refractivity contribution in [3.8, 4) is 11.5 Å². The Kier molecular flexibility index (Phi) is 6.96. The molecule has 0 saturated carbocycles. The van der Waals surface area contributed by atoms with Crippen molar-refractivity contribution >= 4 is 34.6 Å². The van der Waals surface area contributed by atoms with E-state index in [9.17, 15) is 14.9 Å². The number of halogens is 1. The maximum absolute atomic E-state index is 13.0. The van der Waals surface area contributed by atoms with Gasteiger partial charge in [0.25, 0.3) is 11.6 Å². The molecule has 160 valence electrons. The van der Waals surface area contributed by atoms with Gasteiger partial charge in [0.15, 0.2) is 11.5 Å². The van der Waals surface area contributed by atoms with E-state index in [-0.39, 0.29) is 22.7 Å². The van der Waals surface area contributed by atoms with Gasteiger partial charge in [0.2, 0.25) is 0 Å². The summed E-state index contributed by atoms with van der Waals surface area (Å²) in [7, 11) is 1.40. The molecule has 1 aliphatic rings. The fraction of sp³-hybridized carbons (Fsp3) is 0.350. The molecule has 2 aromatic rings. The Morgan fingerprint density at radius 2 is 2.03 bits per heavy atom. The quantitative estimate of drug-likeness (QED) is 0.521. The van der Waals surface area contributed by atoms with Crippen LogP contribution >= 0.6 is 11.6 Å². The summed E-state index contributed by atoms with van der Waals surface area (Å²) >= 11 is 6.40. The fourth-order valence-electron chi connectivity index (χ4n) is 3.22. The number of amides is 1. The number of ether oxygens (including phenoxy) is 3. The summed E-state index contributed by atoms with van der Waals surface area (Å²) in [6, 6.07) is 7.63. The predicted molar refractivity (Wildman–Crippen MR) is 113 cm³/mol. The lowest BCUT2D eigenvalue weighted by Gasteiger charge is -2.31. The second-order valence-electron chi connectivity index (χ2n) is 6.40. The highest BCUT2D eigenvalue weighted by Crippen LogP contribution is 2.37. The van der Waals surface area contributed by atoms with Gasteiger partial charge in [-0.3, -0.25) is 14.9 Å². The highest BCUT2D eigenvalue weighted by Gasteiger charge is 2.26. The molecule has 0 spiro atoms. The first-order valence-corrected chi connectivity index (χ1v) is 9.75. The summed E-state index contributed by atoms with van der Waals surface area (Å²) in [5, 5.41) is 14.8. The van der Waals surface area contributed by atoms with E-state index >= 15 is 0 Å². The van der Waals surface area contributed by atoms with E-state index in [4.69, 9.17) is 25.8 Å². The topological polar surface area (TPSA) is 103 Å². The molecule has 1 heterocycles. The normalized spacial score (nSPS) is 13.6. The second-order valence-corrected chi connectivity index (χ2v) is 6.81. The van der Waals surface area contributed by atoms with Crippen LogP contribution in [0.1, 0.15) is 17.3 Å². The number of para-hydroxylation sites is 1. The number of morpholine rings is 1. The van der Waals surface area contributed by atoms with Crippen molar-refractivity contribution < 1.29 is 23.9 Å². The zero-order valence-electron chi connectivity index (χ0n) is 16.6. The van der Waals surface area contributed by atoms with Crippen LogP contribution in [-0.2, 0) is 4.74 Å². The molecule has 1 aliphatic heterocycles. The SMILES string of the molecule is CCOc1cc([N+](=O)[O-])c(C(=O)Nc2cccc(Cl)c2N2CCOCC2)cc1OC. The highest BCUT2D eigenvalue weighted by molar-refractivity contribution is 6.34. The molecule has 10 heteroatoms. The molecule has 1 N–H and O–H groups in total. The first-order chi connectivity index (χ1) is 14.5. The molecule has 0 unspecified atom stereocenters. The van der Waals surface area contributed by atoms with E-state index in [2.05, 4.69) is 5.32 Å². The smallest absolute Gasteiger partial charge is 0.286 e. The molecule has 0 aliphatic carbocycles. The molecule has 1 amide bonds. The molecule has 0 bridgehead atoms. The minimum Gasteiger partial charge on any atom is -0.493 e. The van der Waals surface area contributed by atoms with Gasteiger partial charge in [0.05, 0.1) is 54.3 Å². The zero-order valence-corrected chi connectivity index (χ0v) is 17.4. The summed E-state index contributed by atoms with van der Waals surface area (Å²) in [5.74, 6) is -0.230. The number of hydrogen-bond acceptors (Lipinski definition) is 7. The average Bonchev–Trinajstić information content (AvgIpc) is 2.74. The number of methoxy groups -OCH3 is 1. The Bertz CT molecular complexity index is 946. The van der Waals surface area contributed by atoms with Crippen LogP contribution in [0.2, 0.25) is 5.02 Å². The van der Waals surface area contributed by atoms with Gasteiger partial charge < -0.3 is 24.4 Å². The van der Waals surface area contributed by atoms with Crippen molar-refractivity contribution in [2.75, 3.05) is 50.2 Å². The summed E-state index contributed by atoms with van der Waals surface area (Å²) < 4.78 is 16.0. The van der Waals surface area contributed by atoms with E-state index in [0.29, 0.717) is 49.3 Å². The Morgan fingerprint density at radius 3 is 2.67 bits per heavy atom. The molecule has 0 aromatic heterocycles. The predicted octanol–water partition coefficient (Wildman–Crippen LogP) is 3.74. The number of rotatable bonds is 7. The maximum atomic E-state index is 13.0.